The number of aromatic nitrogens is 3. The van der Waals surface area contributed by atoms with Crippen LogP contribution in [0.2, 0.25) is 0 Å². The Labute approximate surface area is 225 Å². The topological polar surface area (TPSA) is 89.5 Å². The van der Waals surface area contributed by atoms with Crippen LogP contribution in [0.25, 0.3) is 0 Å². The van der Waals surface area contributed by atoms with Gasteiger partial charge in [0, 0.05) is 56.4 Å². The zero-order valence-electron chi connectivity index (χ0n) is 22.7. The summed E-state index contributed by atoms with van der Waals surface area (Å²) in [6.45, 7) is 9.83. The van der Waals surface area contributed by atoms with E-state index in [4.69, 9.17) is 9.97 Å². The predicted octanol–water partition coefficient (Wildman–Crippen LogP) is 3.49. The van der Waals surface area contributed by atoms with E-state index in [1.54, 1.807) is 0 Å². The van der Waals surface area contributed by atoms with Crippen LogP contribution in [0.5, 0.6) is 0 Å². The average molecular weight is 517 g/mol. The molecule has 7 rings (SSSR count). The monoisotopic (exact) mass is 516 g/mol. The number of amides is 1. The molecule has 5 aliphatic rings. The number of hydrogen-bond acceptors (Lipinski definition) is 8. The molecular weight excluding hydrogens is 476 g/mol. The van der Waals surface area contributed by atoms with Crippen molar-refractivity contribution >= 4 is 29.2 Å². The van der Waals surface area contributed by atoms with Crippen LogP contribution in [0.1, 0.15) is 64.4 Å². The third-order valence-electron chi connectivity index (χ3n) is 9.59. The average Bonchev–Trinajstić information content (AvgIpc) is 3.65. The number of piperazine rings is 2. The molecule has 9 nitrogen and oxygen atoms in total. The Balaban J connectivity index is 1.06. The molecule has 1 spiro atoms. The molecule has 2 aromatic heterocycles. The van der Waals surface area contributed by atoms with E-state index in [0.717, 1.165) is 61.3 Å². The second-order valence-corrected chi connectivity index (χ2v) is 12.8. The number of rotatable bonds is 5. The maximum absolute atomic E-state index is 12.8. The minimum absolute atomic E-state index is 0.0238. The van der Waals surface area contributed by atoms with E-state index in [-0.39, 0.29) is 23.0 Å². The van der Waals surface area contributed by atoms with Crippen molar-refractivity contribution in [2.45, 2.75) is 82.3 Å². The van der Waals surface area contributed by atoms with Gasteiger partial charge < -0.3 is 20.4 Å². The third kappa shape index (κ3) is 4.28. The molecule has 2 N–H and O–H groups in total. The molecule has 2 aromatic rings. The lowest BCUT2D eigenvalue weighted by atomic mass is 9.78. The molecule has 0 bridgehead atoms. The van der Waals surface area contributed by atoms with Crippen molar-refractivity contribution in [3.63, 3.8) is 0 Å². The maximum Gasteiger partial charge on any atom is 0.243 e. The van der Waals surface area contributed by atoms with E-state index >= 15 is 0 Å². The van der Waals surface area contributed by atoms with E-state index in [0.29, 0.717) is 18.9 Å². The highest BCUT2D eigenvalue weighted by Crippen LogP contribution is 2.44. The Morgan fingerprint density at radius 1 is 1.08 bits per heavy atom. The smallest absolute Gasteiger partial charge is 0.243 e. The van der Waals surface area contributed by atoms with Crippen LogP contribution >= 0.6 is 0 Å². The molecule has 202 valence electrons. The van der Waals surface area contributed by atoms with Gasteiger partial charge >= 0.3 is 0 Å². The molecule has 38 heavy (non-hydrogen) atoms. The second kappa shape index (κ2) is 9.07. The Hall–Kier alpha value is -2.94. The molecule has 2 saturated carbocycles. The number of nitrogens with one attached hydrogen (secondary N) is 2. The summed E-state index contributed by atoms with van der Waals surface area (Å²) in [4.78, 5) is 34.5. The van der Waals surface area contributed by atoms with Crippen LogP contribution in [-0.4, -0.2) is 75.6 Å². The number of pyridine rings is 1. The normalized spacial score (nSPS) is 26.2. The van der Waals surface area contributed by atoms with Gasteiger partial charge in [-0.2, -0.15) is 4.98 Å². The van der Waals surface area contributed by atoms with Crippen molar-refractivity contribution in [2.24, 2.45) is 5.92 Å². The van der Waals surface area contributed by atoms with Crippen molar-refractivity contribution in [1.82, 2.24) is 25.2 Å². The lowest BCUT2D eigenvalue weighted by Gasteiger charge is -2.51. The Morgan fingerprint density at radius 3 is 2.66 bits per heavy atom. The lowest BCUT2D eigenvalue weighted by molar-refractivity contribution is -0.124. The van der Waals surface area contributed by atoms with Crippen molar-refractivity contribution in [3.05, 3.63) is 30.1 Å². The zero-order valence-corrected chi connectivity index (χ0v) is 22.7. The molecule has 1 amide bonds. The summed E-state index contributed by atoms with van der Waals surface area (Å²) >= 11 is 0. The first kappa shape index (κ1) is 24.1. The first-order valence-electron chi connectivity index (χ1n) is 14.6. The molecule has 1 unspecified atom stereocenters. The van der Waals surface area contributed by atoms with Gasteiger partial charge in [-0.3, -0.25) is 9.69 Å². The van der Waals surface area contributed by atoms with Crippen LogP contribution in [0.4, 0.5) is 23.3 Å². The summed E-state index contributed by atoms with van der Waals surface area (Å²) in [6, 6.07) is 4.00. The summed E-state index contributed by atoms with van der Waals surface area (Å²) in [6.07, 6.45) is 13.2. The summed E-state index contributed by atoms with van der Waals surface area (Å²) in [5.74, 6) is 3.23. The number of hydrogen-bond donors (Lipinski definition) is 2. The molecule has 0 aromatic carbocycles. The van der Waals surface area contributed by atoms with Crippen molar-refractivity contribution in [3.8, 4) is 0 Å². The highest BCUT2D eigenvalue weighted by molar-refractivity contribution is 5.90. The lowest BCUT2D eigenvalue weighted by Crippen LogP contribution is -2.67. The fraction of sp³-hybridized carbons (Fsp3) is 0.655. The minimum atomic E-state index is -0.173. The highest BCUT2D eigenvalue weighted by Gasteiger charge is 2.51. The summed E-state index contributed by atoms with van der Waals surface area (Å²) in [5, 5.41) is 6.52. The van der Waals surface area contributed by atoms with E-state index < -0.39 is 0 Å². The fourth-order valence-corrected chi connectivity index (χ4v) is 7.23. The van der Waals surface area contributed by atoms with Gasteiger partial charge in [-0.15, -0.1) is 0 Å². The Morgan fingerprint density at radius 2 is 1.92 bits per heavy atom. The minimum Gasteiger partial charge on any atom is -0.367 e. The Kier molecular flexibility index (Phi) is 5.76. The van der Waals surface area contributed by atoms with Crippen molar-refractivity contribution < 1.29 is 4.79 Å². The second-order valence-electron chi connectivity index (χ2n) is 12.8. The molecule has 0 radical (unpaired) electrons. The van der Waals surface area contributed by atoms with Gasteiger partial charge in [-0.05, 0) is 57.6 Å². The maximum atomic E-state index is 12.8. The van der Waals surface area contributed by atoms with Crippen LogP contribution in [-0.2, 0) is 11.2 Å². The van der Waals surface area contributed by atoms with Gasteiger partial charge in [0.2, 0.25) is 11.9 Å². The molecule has 2 saturated heterocycles. The molecule has 9 heteroatoms. The van der Waals surface area contributed by atoms with Crippen LogP contribution < -0.4 is 20.4 Å². The van der Waals surface area contributed by atoms with E-state index in [1.165, 1.54) is 38.6 Å². The summed E-state index contributed by atoms with van der Waals surface area (Å²) < 4.78 is 0. The van der Waals surface area contributed by atoms with Gasteiger partial charge in [0.15, 0.2) is 0 Å². The molecule has 1 atom stereocenters. The Bertz CT molecular complexity index is 1200. The van der Waals surface area contributed by atoms with Gasteiger partial charge in [-0.25, -0.2) is 9.97 Å². The number of fused-ring (bicyclic) bond motifs is 4. The standard InChI is InChI=1S/C29H40N8O/c1-28(2)19-35(12-13-36(28)17-20-6-7-20)22-8-9-24(30-16-22)33-27-31-15-21-14-23-26(38)32-18-29(10-4-3-5-11-29)37(23)25(21)34-27/h8-9,15-16,20,23H,3-7,10-14,17-19H2,1-2H3,(H,32,38)(H,30,31,33,34). The number of nitrogens with zero attached hydrogens (tertiary/aromatic N) is 6. The fourth-order valence-electron chi connectivity index (χ4n) is 7.23. The van der Waals surface area contributed by atoms with Crippen LogP contribution in [0.3, 0.4) is 0 Å². The van der Waals surface area contributed by atoms with Crippen LogP contribution in [0, 0.1) is 5.92 Å². The first-order valence-corrected chi connectivity index (χ1v) is 14.6. The van der Waals surface area contributed by atoms with Gasteiger partial charge in [-0.1, -0.05) is 19.3 Å². The van der Waals surface area contributed by atoms with Crippen molar-refractivity contribution in [1.29, 1.82) is 0 Å². The largest absolute Gasteiger partial charge is 0.367 e. The van der Waals surface area contributed by atoms with Crippen LogP contribution in [0.15, 0.2) is 24.5 Å². The van der Waals surface area contributed by atoms with E-state index in [9.17, 15) is 4.79 Å². The predicted molar refractivity (Wildman–Crippen MR) is 149 cm³/mol. The zero-order chi connectivity index (χ0) is 25.9. The summed E-state index contributed by atoms with van der Waals surface area (Å²) in [5.41, 5.74) is 2.36. The molecular formula is C29H40N8O. The molecule has 4 fully saturated rings. The van der Waals surface area contributed by atoms with E-state index in [2.05, 4.69) is 50.2 Å². The molecule has 5 heterocycles. The third-order valence-corrected chi connectivity index (χ3v) is 9.59. The number of carbonyl (C=O) groups excluding carboxylic acids is 1. The highest BCUT2D eigenvalue weighted by atomic mass is 16.2. The summed E-state index contributed by atoms with van der Waals surface area (Å²) in [7, 11) is 0. The van der Waals surface area contributed by atoms with Gasteiger partial charge in [0.1, 0.15) is 17.7 Å². The van der Waals surface area contributed by atoms with E-state index in [1.807, 2.05) is 18.5 Å². The van der Waals surface area contributed by atoms with Gasteiger partial charge in [0.05, 0.1) is 17.4 Å². The quantitative estimate of drug-likeness (QED) is 0.624. The molecule has 3 aliphatic heterocycles. The van der Waals surface area contributed by atoms with Gasteiger partial charge in [0.25, 0.3) is 0 Å². The number of anilines is 4. The van der Waals surface area contributed by atoms with Crippen molar-refractivity contribution in [2.75, 3.05) is 47.8 Å². The SMILES string of the molecule is CC1(C)CN(c2ccc(Nc3ncc4c(n3)N3C(C4)C(=O)NCC34CCCCC4)nc2)CCN1CC1CC1. The number of carbonyl (C=O) groups is 1. The molecule has 2 aliphatic carbocycles. The first-order chi connectivity index (χ1) is 18.4.